The number of nitrogens with one attached hydrogen (secondary N) is 2. The number of amides is 1. The van der Waals surface area contributed by atoms with Gasteiger partial charge in [-0.1, -0.05) is 41.9 Å². The standard InChI is InChI=1S/C20H18ClN3O/c1-14(15-5-3-2-4-6-15)23-20(25)16-11-12-22-19(13-16)24-18-9-7-17(21)8-10-18/h2-14H,1H3,(H,22,24)(H,23,25). The fourth-order valence-electron chi connectivity index (χ4n) is 2.43. The highest BCUT2D eigenvalue weighted by atomic mass is 35.5. The van der Waals surface area contributed by atoms with Gasteiger partial charge in [0.25, 0.3) is 5.91 Å². The van der Waals surface area contributed by atoms with Crippen LogP contribution in [-0.4, -0.2) is 10.9 Å². The van der Waals surface area contributed by atoms with E-state index in [-0.39, 0.29) is 11.9 Å². The third-order valence-corrected chi connectivity index (χ3v) is 4.04. The molecule has 0 spiro atoms. The first kappa shape index (κ1) is 17.0. The van der Waals surface area contributed by atoms with Crippen molar-refractivity contribution in [3.05, 3.63) is 89.1 Å². The van der Waals surface area contributed by atoms with Gasteiger partial charge in [-0.15, -0.1) is 0 Å². The van der Waals surface area contributed by atoms with Crippen LogP contribution in [0.5, 0.6) is 0 Å². The van der Waals surface area contributed by atoms with Crippen molar-refractivity contribution in [3.8, 4) is 0 Å². The van der Waals surface area contributed by atoms with E-state index >= 15 is 0 Å². The van der Waals surface area contributed by atoms with Gasteiger partial charge in [-0.25, -0.2) is 4.98 Å². The highest BCUT2D eigenvalue weighted by molar-refractivity contribution is 6.30. The number of carbonyl (C=O) groups is 1. The minimum atomic E-state index is -0.141. The molecule has 126 valence electrons. The van der Waals surface area contributed by atoms with Crippen molar-refractivity contribution in [2.45, 2.75) is 13.0 Å². The van der Waals surface area contributed by atoms with Crippen LogP contribution in [-0.2, 0) is 0 Å². The van der Waals surface area contributed by atoms with Crippen molar-refractivity contribution in [3.63, 3.8) is 0 Å². The number of carbonyl (C=O) groups excluding carboxylic acids is 1. The van der Waals surface area contributed by atoms with E-state index in [1.165, 1.54) is 0 Å². The molecule has 0 saturated carbocycles. The number of halogens is 1. The second-order valence-electron chi connectivity index (χ2n) is 5.67. The summed E-state index contributed by atoms with van der Waals surface area (Å²) in [4.78, 5) is 16.7. The molecule has 1 amide bonds. The first-order chi connectivity index (χ1) is 12.1. The second kappa shape index (κ2) is 7.81. The lowest BCUT2D eigenvalue weighted by Crippen LogP contribution is -2.26. The quantitative estimate of drug-likeness (QED) is 0.682. The number of rotatable bonds is 5. The summed E-state index contributed by atoms with van der Waals surface area (Å²) in [6.07, 6.45) is 1.61. The summed E-state index contributed by atoms with van der Waals surface area (Å²) in [5, 5.41) is 6.83. The second-order valence-corrected chi connectivity index (χ2v) is 6.10. The fourth-order valence-corrected chi connectivity index (χ4v) is 2.55. The Balaban J connectivity index is 1.70. The predicted octanol–water partition coefficient (Wildman–Crippen LogP) is 4.97. The zero-order valence-electron chi connectivity index (χ0n) is 13.7. The van der Waals surface area contributed by atoms with E-state index in [0.717, 1.165) is 11.3 Å². The third-order valence-electron chi connectivity index (χ3n) is 3.79. The van der Waals surface area contributed by atoms with Crippen LogP contribution < -0.4 is 10.6 Å². The van der Waals surface area contributed by atoms with Crippen molar-refractivity contribution in [2.75, 3.05) is 5.32 Å². The molecule has 3 aromatic rings. The average Bonchev–Trinajstić information content (AvgIpc) is 2.64. The van der Waals surface area contributed by atoms with Gasteiger partial charge in [0.2, 0.25) is 0 Å². The smallest absolute Gasteiger partial charge is 0.251 e. The van der Waals surface area contributed by atoms with Gasteiger partial charge in [-0.05, 0) is 48.9 Å². The summed E-state index contributed by atoms with van der Waals surface area (Å²) in [6.45, 7) is 1.96. The molecule has 5 heteroatoms. The fraction of sp³-hybridized carbons (Fsp3) is 0.100. The first-order valence-electron chi connectivity index (χ1n) is 7.96. The molecule has 1 heterocycles. The van der Waals surface area contributed by atoms with Crippen LogP contribution in [0.3, 0.4) is 0 Å². The van der Waals surface area contributed by atoms with Crippen LogP contribution >= 0.6 is 11.6 Å². The first-order valence-corrected chi connectivity index (χ1v) is 8.34. The number of nitrogens with zero attached hydrogens (tertiary/aromatic N) is 1. The normalized spacial score (nSPS) is 11.6. The van der Waals surface area contributed by atoms with Gasteiger partial charge in [-0.3, -0.25) is 4.79 Å². The van der Waals surface area contributed by atoms with E-state index in [1.54, 1.807) is 30.5 Å². The molecule has 1 unspecified atom stereocenters. The summed E-state index contributed by atoms with van der Waals surface area (Å²) in [5.41, 5.74) is 2.46. The summed E-state index contributed by atoms with van der Waals surface area (Å²) in [5.74, 6) is 0.459. The van der Waals surface area contributed by atoms with Crippen LogP contribution in [0.2, 0.25) is 5.02 Å². The van der Waals surface area contributed by atoms with Crippen molar-refractivity contribution in [2.24, 2.45) is 0 Å². The molecule has 4 nitrogen and oxygen atoms in total. The minimum absolute atomic E-state index is 0.0745. The van der Waals surface area contributed by atoms with E-state index in [2.05, 4.69) is 15.6 Å². The Morgan fingerprint density at radius 3 is 2.48 bits per heavy atom. The number of anilines is 2. The van der Waals surface area contributed by atoms with Gasteiger partial charge in [0.05, 0.1) is 6.04 Å². The zero-order chi connectivity index (χ0) is 17.6. The lowest BCUT2D eigenvalue weighted by Gasteiger charge is -2.14. The molecule has 2 aromatic carbocycles. The molecule has 0 saturated heterocycles. The van der Waals surface area contributed by atoms with Gasteiger partial charge in [-0.2, -0.15) is 0 Å². The van der Waals surface area contributed by atoms with Crippen molar-refractivity contribution in [1.29, 1.82) is 0 Å². The Morgan fingerprint density at radius 1 is 1.04 bits per heavy atom. The molecular weight excluding hydrogens is 334 g/mol. The topological polar surface area (TPSA) is 54.0 Å². The van der Waals surface area contributed by atoms with Gasteiger partial charge in [0.1, 0.15) is 5.82 Å². The lowest BCUT2D eigenvalue weighted by atomic mass is 10.1. The molecule has 2 N–H and O–H groups in total. The highest BCUT2D eigenvalue weighted by Crippen LogP contribution is 2.19. The number of benzene rings is 2. The molecule has 0 aliphatic rings. The highest BCUT2D eigenvalue weighted by Gasteiger charge is 2.12. The molecule has 1 atom stereocenters. The molecule has 0 aliphatic carbocycles. The molecule has 0 aliphatic heterocycles. The summed E-state index contributed by atoms with van der Waals surface area (Å²) < 4.78 is 0. The van der Waals surface area contributed by atoms with Gasteiger partial charge in [0, 0.05) is 22.5 Å². The maximum Gasteiger partial charge on any atom is 0.251 e. The zero-order valence-corrected chi connectivity index (χ0v) is 14.5. The monoisotopic (exact) mass is 351 g/mol. The summed E-state index contributed by atoms with van der Waals surface area (Å²) in [6, 6.07) is 20.5. The SMILES string of the molecule is CC(NC(=O)c1ccnc(Nc2ccc(Cl)cc2)c1)c1ccccc1. The Bertz CT molecular complexity index is 850. The van der Waals surface area contributed by atoms with Gasteiger partial charge >= 0.3 is 0 Å². The van der Waals surface area contributed by atoms with Crippen LogP contribution in [0.25, 0.3) is 0 Å². The van der Waals surface area contributed by atoms with E-state index in [9.17, 15) is 4.79 Å². The minimum Gasteiger partial charge on any atom is -0.346 e. The van der Waals surface area contributed by atoms with Crippen molar-refractivity contribution in [1.82, 2.24) is 10.3 Å². The lowest BCUT2D eigenvalue weighted by molar-refractivity contribution is 0.0940. The Hall–Kier alpha value is -2.85. The molecule has 3 rings (SSSR count). The van der Waals surface area contributed by atoms with E-state index in [1.807, 2.05) is 49.4 Å². The molecule has 0 bridgehead atoms. The van der Waals surface area contributed by atoms with Crippen molar-refractivity contribution < 1.29 is 4.79 Å². The largest absolute Gasteiger partial charge is 0.346 e. The van der Waals surface area contributed by atoms with Crippen LogP contribution in [0.1, 0.15) is 28.9 Å². The Morgan fingerprint density at radius 2 is 1.76 bits per heavy atom. The van der Waals surface area contributed by atoms with Crippen LogP contribution in [0.15, 0.2) is 72.9 Å². The Kier molecular flexibility index (Phi) is 5.31. The number of hydrogen-bond acceptors (Lipinski definition) is 3. The van der Waals surface area contributed by atoms with Gasteiger partial charge in [0.15, 0.2) is 0 Å². The maximum absolute atomic E-state index is 12.5. The van der Waals surface area contributed by atoms with Crippen LogP contribution in [0.4, 0.5) is 11.5 Å². The predicted molar refractivity (Wildman–Crippen MR) is 101 cm³/mol. The molecule has 0 fully saturated rings. The van der Waals surface area contributed by atoms with E-state index in [0.29, 0.717) is 16.4 Å². The molecular formula is C20H18ClN3O. The Labute approximate surface area is 151 Å². The third kappa shape index (κ3) is 4.58. The number of hydrogen-bond donors (Lipinski definition) is 2. The summed E-state index contributed by atoms with van der Waals surface area (Å²) in [7, 11) is 0. The molecule has 1 aromatic heterocycles. The van der Waals surface area contributed by atoms with Crippen LogP contribution in [0, 0.1) is 0 Å². The van der Waals surface area contributed by atoms with Gasteiger partial charge < -0.3 is 10.6 Å². The maximum atomic E-state index is 12.5. The van der Waals surface area contributed by atoms with Crippen molar-refractivity contribution >= 4 is 29.0 Å². The number of pyridine rings is 1. The van der Waals surface area contributed by atoms with E-state index < -0.39 is 0 Å². The molecule has 0 radical (unpaired) electrons. The molecule has 25 heavy (non-hydrogen) atoms. The summed E-state index contributed by atoms with van der Waals surface area (Å²) >= 11 is 5.88. The average molecular weight is 352 g/mol. The van der Waals surface area contributed by atoms with E-state index in [4.69, 9.17) is 11.6 Å². The number of aromatic nitrogens is 1.